The number of nitrogens with zero attached hydrogens (tertiary/aromatic N) is 1. The Morgan fingerprint density at radius 3 is 2.58 bits per heavy atom. The summed E-state index contributed by atoms with van der Waals surface area (Å²) in [6.45, 7) is 2.83. The molecule has 0 radical (unpaired) electrons. The fourth-order valence-electron chi connectivity index (χ4n) is 3.53. The van der Waals surface area contributed by atoms with Crippen LogP contribution in [0.4, 0.5) is 0 Å². The Bertz CT molecular complexity index is 649. The monoisotopic (exact) mass is 333 g/mol. The first-order valence-electron chi connectivity index (χ1n) is 8.11. The first-order valence-corrected chi connectivity index (χ1v) is 8.11. The Labute approximate surface area is 144 Å². The Morgan fingerprint density at radius 2 is 2.04 bits per heavy atom. The van der Waals surface area contributed by atoms with Crippen molar-refractivity contribution in [2.24, 2.45) is 5.92 Å². The minimum Gasteiger partial charge on any atom is -0.504 e. The first-order chi connectivity index (χ1) is 11.4. The zero-order chi connectivity index (χ0) is 17.9. The maximum atomic E-state index is 12.3. The summed E-state index contributed by atoms with van der Waals surface area (Å²) in [6.07, 6.45) is 3.78. The van der Waals surface area contributed by atoms with Crippen LogP contribution in [0.2, 0.25) is 0 Å². The fraction of sp³-hybridized carbons (Fsp3) is 0.526. The Morgan fingerprint density at radius 1 is 1.33 bits per heavy atom. The number of carbonyl (C=O) groups is 1. The Balaban J connectivity index is 2.68. The highest BCUT2D eigenvalue weighted by Gasteiger charge is 2.31. The minimum atomic E-state index is -0.376. The number of benzene rings is 1. The normalized spacial score (nSPS) is 18.5. The topological polar surface area (TPSA) is 48.0 Å². The molecular formula is C19H27NO4. The maximum absolute atomic E-state index is 12.3. The van der Waals surface area contributed by atoms with E-state index in [2.05, 4.69) is 25.1 Å². The van der Waals surface area contributed by atoms with Crippen molar-refractivity contribution in [3.8, 4) is 5.75 Å². The molecule has 5 heteroatoms. The van der Waals surface area contributed by atoms with Crippen LogP contribution in [0.1, 0.15) is 33.5 Å². The predicted octanol–water partition coefficient (Wildman–Crippen LogP) is 2.90. The number of hydrogen-bond donors (Lipinski definition) is 0. The molecule has 0 aromatic heterocycles. The number of hydrogen-bond acceptors (Lipinski definition) is 5. The van der Waals surface area contributed by atoms with E-state index in [0.717, 1.165) is 36.1 Å². The maximum Gasteiger partial charge on any atom is 0.341 e. The lowest BCUT2D eigenvalue weighted by Crippen LogP contribution is -2.27. The Hall–Kier alpha value is -2.01. The van der Waals surface area contributed by atoms with E-state index in [1.807, 2.05) is 6.92 Å². The molecule has 0 heterocycles. The van der Waals surface area contributed by atoms with E-state index in [0.29, 0.717) is 17.2 Å². The molecule has 5 nitrogen and oxygen atoms in total. The van der Waals surface area contributed by atoms with Crippen molar-refractivity contribution in [3.63, 3.8) is 0 Å². The second-order valence-corrected chi connectivity index (χ2v) is 6.43. The molecule has 1 atom stereocenters. The van der Waals surface area contributed by atoms with Crippen molar-refractivity contribution in [2.75, 3.05) is 42.0 Å². The lowest BCUT2D eigenvalue weighted by atomic mass is 9.77. The molecule has 24 heavy (non-hydrogen) atoms. The van der Waals surface area contributed by atoms with Crippen molar-refractivity contribution < 1.29 is 19.0 Å². The molecule has 0 N–H and O–H groups in total. The molecule has 0 bridgehead atoms. The van der Waals surface area contributed by atoms with Crippen molar-refractivity contribution in [1.82, 2.24) is 4.90 Å². The van der Waals surface area contributed by atoms with Crippen LogP contribution in [0.15, 0.2) is 12.3 Å². The van der Waals surface area contributed by atoms with E-state index in [-0.39, 0.29) is 5.97 Å². The summed E-state index contributed by atoms with van der Waals surface area (Å²) in [6, 6.07) is 2.07. The smallest absolute Gasteiger partial charge is 0.341 e. The second kappa shape index (κ2) is 7.71. The average molecular weight is 333 g/mol. The summed E-state index contributed by atoms with van der Waals surface area (Å²) in [5.41, 5.74) is 4.61. The van der Waals surface area contributed by atoms with Crippen molar-refractivity contribution in [1.29, 1.82) is 0 Å². The minimum absolute atomic E-state index is 0.328. The van der Waals surface area contributed by atoms with Crippen LogP contribution in [0.3, 0.4) is 0 Å². The SMILES string of the molecule is CO/C=C1\c2c(cc(C)c(C(=O)OC)c2OC)CCC1CN(C)C. The van der Waals surface area contributed by atoms with Gasteiger partial charge < -0.3 is 19.1 Å². The summed E-state index contributed by atoms with van der Waals surface area (Å²) >= 11 is 0. The number of aryl methyl sites for hydroxylation is 2. The van der Waals surface area contributed by atoms with Gasteiger partial charge in [-0.05, 0) is 45.0 Å². The van der Waals surface area contributed by atoms with Gasteiger partial charge in [0, 0.05) is 23.6 Å². The molecule has 0 spiro atoms. The molecule has 1 unspecified atom stereocenters. The van der Waals surface area contributed by atoms with Gasteiger partial charge in [0.25, 0.3) is 0 Å². The zero-order valence-corrected chi connectivity index (χ0v) is 15.4. The zero-order valence-electron chi connectivity index (χ0n) is 15.4. The largest absolute Gasteiger partial charge is 0.504 e. The quantitative estimate of drug-likeness (QED) is 0.612. The van der Waals surface area contributed by atoms with Gasteiger partial charge in [-0.1, -0.05) is 6.07 Å². The molecule has 2 rings (SSSR count). The number of rotatable bonds is 5. The average Bonchev–Trinajstić information content (AvgIpc) is 2.54. The van der Waals surface area contributed by atoms with E-state index in [4.69, 9.17) is 14.2 Å². The molecule has 1 aliphatic carbocycles. The molecular weight excluding hydrogens is 306 g/mol. The third kappa shape index (κ3) is 3.41. The van der Waals surface area contributed by atoms with E-state index in [9.17, 15) is 4.79 Å². The summed E-state index contributed by atoms with van der Waals surface area (Å²) in [4.78, 5) is 14.4. The molecule has 1 aromatic carbocycles. The number of ether oxygens (including phenoxy) is 3. The van der Waals surface area contributed by atoms with Crippen LogP contribution in [-0.2, 0) is 15.9 Å². The van der Waals surface area contributed by atoms with E-state index < -0.39 is 0 Å². The summed E-state index contributed by atoms with van der Waals surface area (Å²) in [5.74, 6) is 0.539. The van der Waals surface area contributed by atoms with Gasteiger partial charge in [0.05, 0.1) is 27.6 Å². The van der Waals surface area contributed by atoms with Crippen LogP contribution >= 0.6 is 0 Å². The van der Waals surface area contributed by atoms with Gasteiger partial charge >= 0.3 is 5.97 Å². The predicted molar refractivity (Wildman–Crippen MR) is 94.4 cm³/mol. The van der Waals surface area contributed by atoms with Gasteiger partial charge in [-0.2, -0.15) is 0 Å². The van der Waals surface area contributed by atoms with Gasteiger partial charge in [0.1, 0.15) is 11.3 Å². The third-order valence-electron chi connectivity index (χ3n) is 4.47. The van der Waals surface area contributed by atoms with Gasteiger partial charge in [0.15, 0.2) is 0 Å². The number of fused-ring (bicyclic) bond motifs is 1. The molecule has 1 aromatic rings. The van der Waals surface area contributed by atoms with Crippen LogP contribution in [0, 0.1) is 12.8 Å². The number of carbonyl (C=O) groups excluding carboxylic acids is 1. The van der Waals surface area contributed by atoms with E-state index >= 15 is 0 Å². The molecule has 0 aliphatic heterocycles. The summed E-state index contributed by atoms with van der Waals surface area (Å²) < 4.78 is 16.0. The number of methoxy groups -OCH3 is 3. The second-order valence-electron chi connectivity index (χ2n) is 6.43. The third-order valence-corrected chi connectivity index (χ3v) is 4.47. The summed E-state index contributed by atoms with van der Waals surface area (Å²) in [5, 5.41) is 0. The Kier molecular flexibility index (Phi) is 5.89. The van der Waals surface area contributed by atoms with Crippen molar-refractivity contribution in [2.45, 2.75) is 19.8 Å². The lowest BCUT2D eigenvalue weighted by Gasteiger charge is -2.32. The van der Waals surface area contributed by atoms with E-state index in [1.165, 1.54) is 12.7 Å². The highest BCUT2D eigenvalue weighted by Crippen LogP contribution is 2.44. The number of esters is 1. The van der Waals surface area contributed by atoms with Crippen molar-refractivity contribution in [3.05, 3.63) is 34.6 Å². The van der Waals surface area contributed by atoms with Crippen molar-refractivity contribution >= 4 is 11.5 Å². The summed E-state index contributed by atoms with van der Waals surface area (Å²) in [7, 11) is 8.76. The molecule has 0 fully saturated rings. The van der Waals surface area contributed by atoms with Gasteiger partial charge in [0.2, 0.25) is 0 Å². The van der Waals surface area contributed by atoms with Gasteiger partial charge in [-0.3, -0.25) is 0 Å². The molecule has 1 aliphatic rings. The van der Waals surface area contributed by atoms with Crippen LogP contribution in [-0.4, -0.2) is 52.8 Å². The molecule has 0 saturated carbocycles. The van der Waals surface area contributed by atoms with Gasteiger partial charge in [-0.15, -0.1) is 0 Å². The molecule has 0 amide bonds. The van der Waals surface area contributed by atoms with E-state index in [1.54, 1.807) is 20.5 Å². The highest BCUT2D eigenvalue weighted by atomic mass is 16.5. The lowest BCUT2D eigenvalue weighted by molar-refractivity contribution is 0.0596. The van der Waals surface area contributed by atoms with Crippen LogP contribution in [0.5, 0.6) is 5.75 Å². The van der Waals surface area contributed by atoms with Crippen LogP contribution in [0.25, 0.3) is 5.57 Å². The highest BCUT2D eigenvalue weighted by molar-refractivity contribution is 5.97. The fourth-order valence-corrected chi connectivity index (χ4v) is 3.53. The first kappa shape index (κ1) is 18.3. The van der Waals surface area contributed by atoms with Gasteiger partial charge in [-0.25, -0.2) is 4.79 Å². The standard InChI is InChI=1S/C19H27NO4/c1-12-9-13-7-8-14(10-20(2)3)15(11-22-4)17(13)18(23-5)16(12)19(21)24-6/h9,11,14H,7-8,10H2,1-6H3/b15-11-. The molecule has 0 saturated heterocycles. The van der Waals surface area contributed by atoms with Crippen LogP contribution < -0.4 is 4.74 Å². The molecule has 132 valence electrons.